The maximum atomic E-state index is 12.8. The topological polar surface area (TPSA) is 108 Å². The summed E-state index contributed by atoms with van der Waals surface area (Å²) in [5.41, 5.74) is 1.01. The van der Waals surface area contributed by atoms with E-state index in [0.29, 0.717) is 42.4 Å². The normalized spacial score (nSPS) is 17.5. The molecule has 0 spiro atoms. The van der Waals surface area contributed by atoms with Crippen molar-refractivity contribution in [2.45, 2.75) is 42.2 Å². The maximum absolute atomic E-state index is 12.8. The zero-order valence-corrected chi connectivity index (χ0v) is 17.4. The Labute approximate surface area is 173 Å². The van der Waals surface area contributed by atoms with Crippen molar-refractivity contribution in [1.29, 1.82) is 0 Å². The number of carbonyl (C=O) groups excluding carboxylic acids is 2. The molecule has 0 atom stereocenters. The molecule has 2 heterocycles. The fourth-order valence-corrected chi connectivity index (χ4v) is 6.41. The molecule has 2 aliphatic rings. The Kier molecular flexibility index (Phi) is 5.55. The lowest BCUT2D eigenvalue weighted by molar-refractivity contribution is -0.115. The molecule has 10 heteroatoms. The molecular formula is C19H22N4O4S2. The van der Waals surface area contributed by atoms with E-state index in [9.17, 15) is 18.0 Å². The number of hydrogen-bond acceptors (Lipinski definition) is 6. The first-order valence-corrected chi connectivity index (χ1v) is 12.0. The van der Waals surface area contributed by atoms with Crippen LogP contribution in [0.2, 0.25) is 0 Å². The number of sulfone groups is 1. The van der Waals surface area contributed by atoms with Crippen LogP contribution in [0.5, 0.6) is 0 Å². The fraction of sp³-hybridized carbons (Fsp3) is 0.421. The number of amides is 3. The second kappa shape index (κ2) is 8.11. The molecule has 1 aromatic heterocycles. The van der Waals surface area contributed by atoms with Gasteiger partial charge < -0.3 is 10.6 Å². The molecule has 1 saturated heterocycles. The van der Waals surface area contributed by atoms with Gasteiger partial charge in [0, 0.05) is 24.2 Å². The van der Waals surface area contributed by atoms with Crippen molar-refractivity contribution in [3.05, 3.63) is 35.3 Å². The van der Waals surface area contributed by atoms with Crippen molar-refractivity contribution in [3.8, 4) is 0 Å². The summed E-state index contributed by atoms with van der Waals surface area (Å²) < 4.78 is 25.5. The van der Waals surface area contributed by atoms with E-state index in [1.165, 1.54) is 17.4 Å². The number of rotatable bonds is 6. The van der Waals surface area contributed by atoms with Crippen molar-refractivity contribution >= 4 is 43.9 Å². The minimum atomic E-state index is -3.37. The van der Waals surface area contributed by atoms with Crippen molar-refractivity contribution in [3.63, 3.8) is 0 Å². The van der Waals surface area contributed by atoms with Gasteiger partial charge in [0.1, 0.15) is 0 Å². The second-order valence-corrected chi connectivity index (χ2v) is 10.3. The van der Waals surface area contributed by atoms with Crippen LogP contribution in [0.15, 0.2) is 34.5 Å². The van der Waals surface area contributed by atoms with Crippen LogP contribution in [0.1, 0.15) is 31.4 Å². The van der Waals surface area contributed by atoms with Crippen molar-refractivity contribution in [2.75, 3.05) is 23.3 Å². The quantitative estimate of drug-likeness (QED) is 0.726. The highest BCUT2D eigenvalue weighted by atomic mass is 32.2. The summed E-state index contributed by atoms with van der Waals surface area (Å²) in [5, 5.41) is 7.45. The van der Waals surface area contributed by atoms with Crippen LogP contribution in [0, 0.1) is 0 Å². The largest absolute Gasteiger partial charge is 0.336 e. The number of benzene rings is 1. The third kappa shape index (κ3) is 4.27. The van der Waals surface area contributed by atoms with Gasteiger partial charge >= 0.3 is 6.03 Å². The fourth-order valence-electron chi connectivity index (χ4n) is 3.67. The number of urea groups is 1. The van der Waals surface area contributed by atoms with Gasteiger partial charge in [-0.05, 0) is 31.0 Å². The molecule has 0 radical (unpaired) electrons. The highest BCUT2D eigenvalue weighted by Gasteiger charge is 2.30. The molecule has 0 unspecified atom stereocenters. The summed E-state index contributed by atoms with van der Waals surface area (Å²) in [6.07, 6.45) is 3.32. The summed E-state index contributed by atoms with van der Waals surface area (Å²) in [7, 11) is -3.37. The molecule has 8 nitrogen and oxygen atoms in total. The van der Waals surface area contributed by atoms with Gasteiger partial charge in [0.05, 0.1) is 22.3 Å². The standard InChI is InChI=1S/C19H22N4O4S2/c24-17(11-14-12-28-19(22-14)23-9-8-20-18(23)25)21-13-4-3-7-16(10-13)29(26,27)15-5-1-2-6-15/h3-4,7,10,12,15H,1-2,5-6,8-9,11H2,(H,20,25)(H,21,24). The molecule has 1 aromatic carbocycles. The van der Waals surface area contributed by atoms with E-state index in [2.05, 4.69) is 15.6 Å². The summed E-state index contributed by atoms with van der Waals surface area (Å²) in [4.78, 5) is 30.3. The van der Waals surface area contributed by atoms with Gasteiger partial charge in [0.25, 0.3) is 0 Å². The lowest BCUT2D eigenvalue weighted by Crippen LogP contribution is -2.27. The Morgan fingerprint density at radius 2 is 2.10 bits per heavy atom. The molecule has 2 N–H and O–H groups in total. The van der Waals surface area contributed by atoms with E-state index < -0.39 is 9.84 Å². The van der Waals surface area contributed by atoms with Crippen molar-refractivity contribution < 1.29 is 18.0 Å². The summed E-state index contributed by atoms with van der Waals surface area (Å²) in [6.45, 7) is 1.13. The molecular weight excluding hydrogens is 412 g/mol. The molecule has 4 rings (SSSR count). The number of carbonyl (C=O) groups is 2. The van der Waals surface area contributed by atoms with Crippen LogP contribution >= 0.6 is 11.3 Å². The molecule has 1 aliphatic heterocycles. The minimum absolute atomic E-state index is 0.0472. The molecule has 2 aromatic rings. The Balaban J connectivity index is 1.41. The number of thiazole rings is 1. The van der Waals surface area contributed by atoms with Crippen molar-refractivity contribution in [2.24, 2.45) is 0 Å². The van der Waals surface area contributed by atoms with Crippen LogP contribution in [0.4, 0.5) is 15.6 Å². The minimum Gasteiger partial charge on any atom is -0.336 e. The zero-order valence-electron chi connectivity index (χ0n) is 15.8. The van der Waals surface area contributed by atoms with Crippen molar-refractivity contribution in [1.82, 2.24) is 10.3 Å². The van der Waals surface area contributed by atoms with E-state index in [4.69, 9.17) is 0 Å². The molecule has 29 heavy (non-hydrogen) atoms. The van der Waals surface area contributed by atoms with E-state index in [1.807, 2.05) is 0 Å². The number of hydrogen-bond donors (Lipinski definition) is 2. The predicted molar refractivity (Wildman–Crippen MR) is 111 cm³/mol. The molecule has 154 valence electrons. The van der Waals surface area contributed by atoms with Crippen LogP contribution < -0.4 is 15.5 Å². The highest BCUT2D eigenvalue weighted by Crippen LogP contribution is 2.30. The number of nitrogens with zero attached hydrogens (tertiary/aromatic N) is 2. The van der Waals surface area contributed by atoms with Crippen LogP contribution in [-0.4, -0.2) is 43.7 Å². The molecule has 0 bridgehead atoms. The van der Waals surface area contributed by atoms with E-state index in [0.717, 1.165) is 12.8 Å². The summed E-state index contributed by atoms with van der Waals surface area (Å²) in [5.74, 6) is -0.289. The zero-order chi connectivity index (χ0) is 20.4. The molecule has 1 aliphatic carbocycles. The first kappa shape index (κ1) is 19.8. The smallest absolute Gasteiger partial charge is 0.323 e. The number of nitrogens with one attached hydrogen (secondary N) is 2. The SMILES string of the molecule is O=C(Cc1csc(N2CCNC2=O)n1)Nc1cccc(S(=O)(=O)C2CCCC2)c1. The second-order valence-electron chi connectivity index (χ2n) is 7.21. The molecule has 3 amide bonds. The van der Waals surface area contributed by atoms with Gasteiger partial charge in [-0.3, -0.25) is 9.69 Å². The van der Waals surface area contributed by atoms with Gasteiger partial charge in [-0.2, -0.15) is 0 Å². The number of aromatic nitrogens is 1. The Morgan fingerprint density at radius 1 is 1.31 bits per heavy atom. The molecule has 1 saturated carbocycles. The third-order valence-corrected chi connectivity index (χ3v) is 8.33. The average molecular weight is 435 g/mol. The van der Waals surface area contributed by atoms with Crippen LogP contribution in [0.25, 0.3) is 0 Å². The first-order chi connectivity index (χ1) is 13.9. The van der Waals surface area contributed by atoms with E-state index >= 15 is 0 Å². The van der Waals surface area contributed by atoms with Gasteiger partial charge in [-0.15, -0.1) is 11.3 Å². The van der Waals surface area contributed by atoms with E-state index in [-0.39, 0.29) is 28.5 Å². The number of anilines is 2. The van der Waals surface area contributed by atoms with Crippen LogP contribution in [0.3, 0.4) is 0 Å². The third-order valence-electron chi connectivity index (χ3n) is 5.16. The monoisotopic (exact) mass is 434 g/mol. The molecule has 2 fully saturated rings. The van der Waals surface area contributed by atoms with Gasteiger partial charge in [-0.1, -0.05) is 18.9 Å². The lowest BCUT2D eigenvalue weighted by Gasteiger charge is -2.12. The van der Waals surface area contributed by atoms with Gasteiger partial charge in [-0.25, -0.2) is 18.2 Å². The Hall–Kier alpha value is -2.46. The van der Waals surface area contributed by atoms with Gasteiger partial charge in [0.2, 0.25) is 5.91 Å². The van der Waals surface area contributed by atoms with E-state index in [1.54, 1.807) is 28.5 Å². The van der Waals surface area contributed by atoms with Crippen LogP contribution in [-0.2, 0) is 21.1 Å². The summed E-state index contributed by atoms with van der Waals surface area (Å²) >= 11 is 1.31. The average Bonchev–Trinajstić information content (AvgIpc) is 3.43. The Bertz CT molecular complexity index is 1030. The highest BCUT2D eigenvalue weighted by molar-refractivity contribution is 7.92. The maximum Gasteiger partial charge on any atom is 0.323 e. The Morgan fingerprint density at radius 3 is 2.83 bits per heavy atom. The van der Waals surface area contributed by atoms with Gasteiger partial charge in [0.15, 0.2) is 15.0 Å². The summed E-state index contributed by atoms with van der Waals surface area (Å²) in [6, 6.07) is 6.23. The predicted octanol–water partition coefficient (Wildman–Crippen LogP) is 2.57. The first-order valence-electron chi connectivity index (χ1n) is 9.57. The lowest BCUT2D eigenvalue weighted by atomic mass is 10.3.